The molecule has 1 aliphatic rings. The van der Waals surface area contributed by atoms with Crippen molar-refractivity contribution < 1.29 is 0 Å². The van der Waals surface area contributed by atoms with Crippen molar-refractivity contribution in [3.63, 3.8) is 0 Å². The number of likely N-dealkylation sites (N-methyl/N-ethyl adjacent to an activating group) is 1. The molecule has 1 rings (SSSR count). The third kappa shape index (κ3) is 3.09. The fourth-order valence-corrected chi connectivity index (χ4v) is 1.81. The van der Waals surface area contributed by atoms with Crippen LogP contribution in [0, 0.1) is 5.41 Å². The van der Waals surface area contributed by atoms with Gasteiger partial charge in [-0.2, -0.15) is 0 Å². The van der Waals surface area contributed by atoms with Gasteiger partial charge in [-0.3, -0.25) is 0 Å². The van der Waals surface area contributed by atoms with E-state index in [1.165, 1.54) is 0 Å². The summed E-state index contributed by atoms with van der Waals surface area (Å²) in [6.45, 7) is 6.92. The molecule has 0 radical (unpaired) electrons. The predicted molar refractivity (Wildman–Crippen MR) is 58.6 cm³/mol. The first-order valence-electron chi connectivity index (χ1n) is 3.91. The molecular formula is C8H20Cl2N2. The lowest BCUT2D eigenvalue weighted by Crippen LogP contribution is -2.39. The predicted octanol–water partition coefficient (Wildman–Crippen LogP) is 1.39. The quantitative estimate of drug-likeness (QED) is 0.711. The van der Waals surface area contributed by atoms with Crippen LogP contribution >= 0.6 is 24.8 Å². The van der Waals surface area contributed by atoms with Crippen LogP contribution in [0.1, 0.15) is 13.8 Å². The zero-order valence-corrected chi connectivity index (χ0v) is 9.89. The molecule has 0 aromatic rings. The van der Waals surface area contributed by atoms with E-state index in [2.05, 4.69) is 38.2 Å². The topological polar surface area (TPSA) is 15.3 Å². The maximum Gasteiger partial charge on any atom is 0.0277 e. The van der Waals surface area contributed by atoms with Gasteiger partial charge in [0.15, 0.2) is 0 Å². The van der Waals surface area contributed by atoms with Crippen molar-refractivity contribution in [3.05, 3.63) is 0 Å². The van der Waals surface area contributed by atoms with E-state index in [9.17, 15) is 0 Å². The Labute approximate surface area is 87.9 Å². The van der Waals surface area contributed by atoms with E-state index in [0.717, 1.165) is 13.1 Å². The third-order valence-electron chi connectivity index (χ3n) is 2.44. The van der Waals surface area contributed by atoms with Gasteiger partial charge in [0.05, 0.1) is 0 Å². The van der Waals surface area contributed by atoms with E-state index in [4.69, 9.17) is 0 Å². The number of rotatable bonds is 1. The third-order valence-corrected chi connectivity index (χ3v) is 2.44. The molecule has 0 aromatic heterocycles. The van der Waals surface area contributed by atoms with Crippen LogP contribution in [0.25, 0.3) is 0 Å². The summed E-state index contributed by atoms with van der Waals surface area (Å²) >= 11 is 0. The van der Waals surface area contributed by atoms with E-state index in [1.54, 1.807) is 0 Å². The van der Waals surface area contributed by atoms with Crippen molar-refractivity contribution in [2.45, 2.75) is 19.9 Å². The highest BCUT2D eigenvalue weighted by atomic mass is 35.5. The smallest absolute Gasteiger partial charge is 0.0277 e. The summed E-state index contributed by atoms with van der Waals surface area (Å²) < 4.78 is 0. The average Bonchev–Trinajstić information content (AvgIpc) is 2.08. The molecule has 1 atom stereocenters. The standard InChI is InChI=1S/C8H18N2.2ClH/c1-8(2)6-9-5-7(8)10(3)4;;/h7,9H,5-6H2,1-4H3;2*1H. The first-order chi connectivity index (χ1) is 4.54. The van der Waals surface area contributed by atoms with Gasteiger partial charge in [-0.05, 0) is 19.5 Å². The Morgan fingerprint density at radius 2 is 1.75 bits per heavy atom. The summed E-state index contributed by atoms with van der Waals surface area (Å²) in [5, 5.41) is 3.40. The molecule has 1 heterocycles. The lowest BCUT2D eigenvalue weighted by atomic mass is 9.87. The van der Waals surface area contributed by atoms with E-state index in [0.29, 0.717) is 11.5 Å². The van der Waals surface area contributed by atoms with Crippen LogP contribution in [0.3, 0.4) is 0 Å². The Morgan fingerprint density at radius 1 is 1.25 bits per heavy atom. The maximum atomic E-state index is 3.40. The molecule has 0 aromatic carbocycles. The first-order valence-corrected chi connectivity index (χ1v) is 3.91. The molecule has 0 amide bonds. The molecule has 2 nitrogen and oxygen atoms in total. The highest BCUT2D eigenvalue weighted by Crippen LogP contribution is 2.26. The summed E-state index contributed by atoms with van der Waals surface area (Å²) in [7, 11) is 4.30. The van der Waals surface area contributed by atoms with E-state index >= 15 is 0 Å². The van der Waals surface area contributed by atoms with Crippen LogP contribution in [0.5, 0.6) is 0 Å². The van der Waals surface area contributed by atoms with Crippen molar-refractivity contribution in [1.82, 2.24) is 10.2 Å². The summed E-state index contributed by atoms with van der Waals surface area (Å²) in [5.74, 6) is 0. The van der Waals surface area contributed by atoms with Crippen LogP contribution in [0.2, 0.25) is 0 Å². The van der Waals surface area contributed by atoms with Crippen LogP contribution < -0.4 is 5.32 Å². The van der Waals surface area contributed by atoms with Gasteiger partial charge in [0.25, 0.3) is 0 Å². The Bertz CT molecular complexity index is 126. The minimum Gasteiger partial charge on any atom is -0.315 e. The molecule has 1 fully saturated rings. The van der Waals surface area contributed by atoms with Gasteiger partial charge in [-0.15, -0.1) is 24.8 Å². The Morgan fingerprint density at radius 3 is 1.92 bits per heavy atom. The molecule has 12 heavy (non-hydrogen) atoms. The second-order valence-electron chi connectivity index (χ2n) is 4.10. The molecule has 0 bridgehead atoms. The summed E-state index contributed by atoms with van der Waals surface area (Å²) in [5.41, 5.74) is 0.448. The second kappa shape index (κ2) is 5.28. The van der Waals surface area contributed by atoms with Gasteiger partial charge in [-0.1, -0.05) is 13.8 Å². The van der Waals surface area contributed by atoms with Crippen LogP contribution in [-0.4, -0.2) is 38.1 Å². The molecule has 1 aliphatic heterocycles. The van der Waals surface area contributed by atoms with Crippen molar-refractivity contribution in [1.29, 1.82) is 0 Å². The van der Waals surface area contributed by atoms with Crippen LogP contribution in [-0.2, 0) is 0 Å². The van der Waals surface area contributed by atoms with Crippen LogP contribution in [0.4, 0.5) is 0 Å². The molecular weight excluding hydrogens is 195 g/mol. The molecule has 0 aliphatic carbocycles. The monoisotopic (exact) mass is 214 g/mol. The molecule has 0 saturated carbocycles. The van der Waals surface area contributed by atoms with Gasteiger partial charge in [0.2, 0.25) is 0 Å². The Kier molecular flexibility index (Phi) is 6.59. The van der Waals surface area contributed by atoms with Gasteiger partial charge in [0.1, 0.15) is 0 Å². The lowest BCUT2D eigenvalue weighted by molar-refractivity contribution is 0.188. The van der Waals surface area contributed by atoms with Gasteiger partial charge >= 0.3 is 0 Å². The number of halogens is 2. The van der Waals surface area contributed by atoms with Crippen LogP contribution in [0.15, 0.2) is 0 Å². The largest absolute Gasteiger partial charge is 0.315 e. The lowest BCUT2D eigenvalue weighted by Gasteiger charge is -2.31. The van der Waals surface area contributed by atoms with Crippen molar-refractivity contribution in [3.8, 4) is 0 Å². The fourth-order valence-electron chi connectivity index (χ4n) is 1.81. The van der Waals surface area contributed by atoms with E-state index in [-0.39, 0.29) is 24.8 Å². The first kappa shape index (κ1) is 15.0. The van der Waals surface area contributed by atoms with Crippen molar-refractivity contribution in [2.24, 2.45) is 5.41 Å². The number of nitrogens with zero attached hydrogens (tertiary/aromatic N) is 1. The van der Waals surface area contributed by atoms with Gasteiger partial charge < -0.3 is 10.2 Å². The molecule has 76 valence electrons. The SMILES string of the molecule is CN(C)C1CNCC1(C)C.Cl.Cl. The van der Waals surface area contributed by atoms with Gasteiger partial charge in [0, 0.05) is 19.1 Å². The van der Waals surface area contributed by atoms with Gasteiger partial charge in [-0.25, -0.2) is 0 Å². The second-order valence-corrected chi connectivity index (χ2v) is 4.10. The zero-order valence-electron chi connectivity index (χ0n) is 8.26. The minimum atomic E-state index is 0. The van der Waals surface area contributed by atoms with E-state index < -0.39 is 0 Å². The molecule has 1 unspecified atom stereocenters. The molecule has 0 spiro atoms. The number of hydrogen-bond acceptors (Lipinski definition) is 2. The summed E-state index contributed by atoms with van der Waals surface area (Å²) in [6, 6.07) is 0.701. The summed E-state index contributed by atoms with van der Waals surface area (Å²) in [6.07, 6.45) is 0. The fraction of sp³-hybridized carbons (Fsp3) is 1.00. The minimum absolute atomic E-state index is 0. The van der Waals surface area contributed by atoms with E-state index in [1.807, 2.05) is 0 Å². The number of nitrogens with one attached hydrogen (secondary N) is 1. The Hall–Kier alpha value is 0.500. The zero-order chi connectivity index (χ0) is 7.78. The molecule has 1 saturated heterocycles. The molecule has 1 N–H and O–H groups in total. The normalized spacial score (nSPS) is 26.2. The number of hydrogen-bond donors (Lipinski definition) is 1. The highest BCUT2D eigenvalue weighted by molar-refractivity contribution is 5.85. The summed E-state index contributed by atoms with van der Waals surface area (Å²) in [4.78, 5) is 2.31. The Balaban J connectivity index is 0. The maximum absolute atomic E-state index is 3.40. The van der Waals surface area contributed by atoms with Crippen molar-refractivity contribution in [2.75, 3.05) is 27.2 Å². The van der Waals surface area contributed by atoms with Crippen molar-refractivity contribution >= 4 is 24.8 Å². The molecule has 4 heteroatoms. The average molecular weight is 215 g/mol. The highest BCUT2D eigenvalue weighted by Gasteiger charge is 2.35.